The van der Waals surface area contributed by atoms with Crippen molar-refractivity contribution in [1.29, 1.82) is 0 Å². The number of nitrogens with one attached hydrogen (secondary N) is 3. The molecule has 0 radical (unpaired) electrons. The van der Waals surface area contributed by atoms with Gasteiger partial charge in [0, 0.05) is 19.2 Å². The molecule has 0 unspecified atom stereocenters. The van der Waals surface area contributed by atoms with E-state index in [-0.39, 0.29) is 29.7 Å². The van der Waals surface area contributed by atoms with Gasteiger partial charge in [0.05, 0.1) is 6.04 Å². The molecule has 0 aromatic carbocycles. The van der Waals surface area contributed by atoms with Gasteiger partial charge >= 0.3 is 0 Å². The lowest BCUT2D eigenvalue weighted by molar-refractivity contribution is -0.131. The maximum atomic E-state index is 13.6. The summed E-state index contributed by atoms with van der Waals surface area (Å²) in [5, 5.41) is 8.69. The summed E-state index contributed by atoms with van der Waals surface area (Å²) in [5.41, 5.74) is 0.855. The van der Waals surface area contributed by atoms with Crippen molar-refractivity contribution in [3.8, 4) is 0 Å². The summed E-state index contributed by atoms with van der Waals surface area (Å²) in [4.78, 5) is 44.8. The van der Waals surface area contributed by atoms with Gasteiger partial charge in [-0.25, -0.2) is 4.98 Å². The fraction of sp³-hybridized carbons (Fsp3) is 0.619. The lowest BCUT2D eigenvalue weighted by Gasteiger charge is -2.32. The molecule has 3 N–H and O–H groups in total. The normalized spacial score (nSPS) is 18.5. The number of hydrogen-bond acceptors (Lipinski definition) is 5. The van der Waals surface area contributed by atoms with Crippen molar-refractivity contribution < 1.29 is 14.4 Å². The van der Waals surface area contributed by atoms with E-state index in [4.69, 9.17) is 0 Å². The monoisotopic (exact) mass is 403 g/mol. The van der Waals surface area contributed by atoms with Crippen molar-refractivity contribution in [3.05, 3.63) is 23.9 Å². The minimum atomic E-state index is -0.736. The summed E-state index contributed by atoms with van der Waals surface area (Å²) in [6, 6.07) is 1.90. The Morgan fingerprint density at radius 3 is 2.55 bits per heavy atom. The number of hydrogen-bond donors (Lipinski definition) is 3. The van der Waals surface area contributed by atoms with E-state index in [2.05, 4.69) is 20.9 Å². The molecule has 1 aliphatic rings. The average molecular weight is 404 g/mol. The van der Waals surface area contributed by atoms with Gasteiger partial charge in [-0.1, -0.05) is 33.3 Å². The Balaban J connectivity index is 2.38. The van der Waals surface area contributed by atoms with Crippen LogP contribution in [-0.2, 0) is 20.8 Å². The number of nitrogens with zero attached hydrogens (tertiary/aromatic N) is 2. The molecule has 1 aromatic rings. The lowest BCUT2D eigenvalue weighted by Crippen LogP contribution is -2.58. The largest absolute Gasteiger partial charge is 0.355 e. The number of likely N-dealkylation sites (N-methyl/N-ethyl adjacent to an activating group) is 2. The second-order valence-electron chi connectivity index (χ2n) is 7.43. The van der Waals surface area contributed by atoms with Crippen molar-refractivity contribution in [1.82, 2.24) is 20.9 Å². The van der Waals surface area contributed by atoms with Gasteiger partial charge in [0.1, 0.15) is 17.9 Å². The Morgan fingerprint density at radius 2 is 1.97 bits per heavy atom. The van der Waals surface area contributed by atoms with Crippen LogP contribution in [0.25, 0.3) is 0 Å². The Morgan fingerprint density at radius 1 is 1.24 bits per heavy atom. The Hall–Kier alpha value is -2.48. The SMILES string of the molecule is CCNC(=O)[C@H]1Cc2cccnc2N1C(=O)[C@@H](NC(=O)[C@H](CC)NC)[C@@H](C)CC. The predicted molar refractivity (Wildman–Crippen MR) is 112 cm³/mol. The average Bonchev–Trinajstić information content (AvgIpc) is 3.11. The molecule has 160 valence electrons. The van der Waals surface area contributed by atoms with Crippen LogP contribution >= 0.6 is 0 Å². The summed E-state index contributed by atoms with van der Waals surface area (Å²) in [6.45, 7) is 8.14. The Bertz CT molecular complexity index is 735. The first-order valence-electron chi connectivity index (χ1n) is 10.4. The molecule has 1 aliphatic heterocycles. The quantitative estimate of drug-likeness (QED) is 0.571. The van der Waals surface area contributed by atoms with Crippen LogP contribution in [0.5, 0.6) is 0 Å². The summed E-state index contributed by atoms with van der Waals surface area (Å²) < 4.78 is 0. The maximum Gasteiger partial charge on any atom is 0.251 e. The predicted octanol–water partition coefficient (Wildman–Crippen LogP) is 1.00. The highest BCUT2D eigenvalue weighted by Gasteiger charge is 2.43. The number of fused-ring (bicyclic) bond motifs is 1. The number of rotatable bonds is 9. The second-order valence-corrected chi connectivity index (χ2v) is 7.43. The van der Waals surface area contributed by atoms with Crippen LogP contribution in [0, 0.1) is 5.92 Å². The lowest BCUT2D eigenvalue weighted by atomic mass is 9.96. The molecule has 2 rings (SSSR count). The molecule has 3 amide bonds. The van der Waals surface area contributed by atoms with Crippen LogP contribution in [0.3, 0.4) is 0 Å². The minimum Gasteiger partial charge on any atom is -0.355 e. The number of carbonyl (C=O) groups excluding carboxylic acids is 3. The minimum absolute atomic E-state index is 0.0940. The number of aromatic nitrogens is 1. The first kappa shape index (κ1) is 22.8. The third-order valence-corrected chi connectivity index (χ3v) is 5.56. The molecule has 4 atom stereocenters. The Labute approximate surface area is 172 Å². The van der Waals surface area contributed by atoms with Crippen LogP contribution in [0.15, 0.2) is 18.3 Å². The third kappa shape index (κ3) is 4.93. The van der Waals surface area contributed by atoms with Gasteiger partial charge < -0.3 is 16.0 Å². The van der Waals surface area contributed by atoms with Gasteiger partial charge in [-0.15, -0.1) is 0 Å². The first-order valence-corrected chi connectivity index (χ1v) is 10.4. The molecule has 0 spiro atoms. The van der Waals surface area contributed by atoms with E-state index in [9.17, 15) is 14.4 Å². The van der Waals surface area contributed by atoms with Crippen molar-refractivity contribution in [2.24, 2.45) is 5.92 Å². The van der Waals surface area contributed by atoms with E-state index in [0.29, 0.717) is 31.6 Å². The number of amides is 3. The molecule has 8 heteroatoms. The zero-order chi connectivity index (χ0) is 21.6. The molecule has 1 aromatic heterocycles. The summed E-state index contributed by atoms with van der Waals surface area (Å²) in [5.74, 6) is -0.328. The zero-order valence-electron chi connectivity index (χ0n) is 18.0. The van der Waals surface area contributed by atoms with E-state index < -0.39 is 12.1 Å². The Kier molecular flexibility index (Phi) is 8.13. The highest BCUT2D eigenvalue weighted by atomic mass is 16.2. The molecular formula is C21H33N5O3. The van der Waals surface area contributed by atoms with E-state index in [0.717, 1.165) is 5.56 Å². The van der Waals surface area contributed by atoms with Gasteiger partial charge in [-0.3, -0.25) is 19.3 Å². The zero-order valence-corrected chi connectivity index (χ0v) is 18.0. The van der Waals surface area contributed by atoms with Crippen LogP contribution in [0.4, 0.5) is 5.82 Å². The van der Waals surface area contributed by atoms with Gasteiger partial charge in [0.25, 0.3) is 5.91 Å². The number of pyridine rings is 1. The molecular weight excluding hydrogens is 370 g/mol. The van der Waals surface area contributed by atoms with Gasteiger partial charge in [0.15, 0.2) is 0 Å². The molecule has 2 heterocycles. The van der Waals surface area contributed by atoms with E-state index in [1.54, 1.807) is 19.3 Å². The van der Waals surface area contributed by atoms with Gasteiger partial charge in [-0.05, 0) is 37.9 Å². The molecule has 29 heavy (non-hydrogen) atoms. The molecule has 0 saturated carbocycles. The highest BCUT2D eigenvalue weighted by molar-refractivity contribution is 6.06. The molecule has 0 fully saturated rings. The van der Waals surface area contributed by atoms with Gasteiger partial charge in [0.2, 0.25) is 11.8 Å². The van der Waals surface area contributed by atoms with E-state index in [1.807, 2.05) is 33.8 Å². The van der Waals surface area contributed by atoms with Crippen molar-refractivity contribution in [2.45, 2.75) is 65.1 Å². The van der Waals surface area contributed by atoms with Gasteiger partial charge in [-0.2, -0.15) is 0 Å². The molecule has 8 nitrogen and oxygen atoms in total. The standard InChI is InChI=1S/C21H33N5O3/c1-6-13(4)17(25-19(27)15(7-2)22-5)21(29)26-16(20(28)23-8-3)12-14-10-9-11-24-18(14)26/h9-11,13,15-17,22H,6-8,12H2,1-5H3,(H,23,28)(H,25,27)/t13-,15-,16+,17-/m0/s1. The summed E-state index contributed by atoms with van der Waals surface area (Å²) in [6.07, 6.45) is 3.35. The molecule has 0 bridgehead atoms. The highest BCUT2D eigenvalue weighted by Crippen LogP contribution is 2.31. The maximum absolute atomic E-state index is 13.6. The number of anilines is 1. The molecule has 0 aliphatic carbocycles. The summed E-state index contributed by atoms with van der Waals surface area (Å²) in [7, 11) is 1.72. The van der Waals surface area contributed by atoms with Crippen molar-refractivity contribution in [3.63, 3.8) is 0 Å². The molecule has 0 saturated heterocycles. The smallest absolute Gasteiger partial charge is 0.251 e. The third-order valence-electron chi connectivity index (χ3n) is 5.56. The topological polar surface area (TPSA) is 103 Å². The van der Waals surface area contributed by atoms with Crippen molar-refractivity contribution in [2.75, 3.05) is 18.5 Å². The first-order chi connectivity index (χ1) is 13.9. The van der Waals surface area contributed by atoms with Crippen molar-refractivity contribution >= 4 is 23.5 Å². The van der Waals surface area contributed by atoms with Crippen LogP contribution in [0.1, 0.15) is 46.1 Å². The van der Waals surface area contributed by atoms with E-state index in [1.165, 1.54) is 4.90 Å². The number of carbonyl (C=O) groups is 3. The van der Waals surface area contributed by atoms with Crippen LogP contribution < -0.4 is 20.9 Å². The fourth-order valence-electron chi connectivity index (χ4n) is 3.62. The summed E-state index contributed by atoms with van der Waals surface area (Å²) >= 11 is 0. The van der Waals surface area contributed by atoms with Crippen LogP contribution in [-0.4, -0.2) is 54.4 Å². The van der Waals surface area contributed by atoms with E-state index >= 15 is 0 Å². The van der Waals surface area contributed by atoms with Crippen LogP contribution in [0.2, 0.25) is 0 Å². The second kappa shape index (κ2) is 10.3. The fourth-order valence-corrected chi connectivity index (χ4v) is 3.62.